The fourth-order valence-corrected chi connectivity index (χ4v) is 2.99. The summed E-state index contributed by atoms with van der Waals surface area (Å²) in [6.45, 7) is 2.65. The smallest absolute Gasteiger partial charge is 0.273 e. The molecule has 6 nitrogen and oxygen atoms in total. The molecule has 0 radical (unpaired) electrons. The summed E-state index contributed by atoms with van der Waals surface area (Å²) < 4.78 is 6.22. The van der Waals surface area contributed by atoms with Gasteiger partial charge in [0.1, 0.15) is 18.6 Å². The van der Waals surface area contributed by atoms with Gasteiger partial charge >= 0.3 is 0 Å². The van der Waals surface area contributed by atoms with E-state index in [1.165, 1.54) is 12.7 Å². The van der Waals surface area contributed by atoms with Gasteiger partial charge in [-0.2, -0.15) is 0 Å². The third-order valence-corrected chi connectivity index (χ3v) is 4.46. The number of carbonyl (C=O) groups is 1. The molecule has 0 atom stereocenters. The van der Waals surface area contributed by atoms with Crippen LogP contribution in [0.3, 0.4) is 0 Å². The maximum absolute atomic E-state index is 12.3. The van der Waals surface area contributed by atoms with Crippen LogP contribution in [-0.2, 0) is 16.2 Å². The summed E-state index contributed by atoms with van der Waals surface area (Å²) in [4.78, 5) is 17.1. The van der Waals surface area contributed by atoms with Crippen molar-refractivity contribution in [2.45, 2.75) is 13.5 Å². The molecule has 0 aliphatic rings. The van der Waals surface area contributed by atoms with Crippen LogP contribution in [0.15, 0.2) is 78.0 Å². The molecule has 0 unspecified atom stereocenters. The number of nitrogens with one attached hydrogen (secondary N) is 2. The van der Waals surface area contributed by atoms with Gasteiger partial charge in [-0.1, -0.05) is 47.6 Å². The second-order valence-electron chi connectivity index (χ2n) is 6.63. The van der Waals surface area contributed by atoms with Gasteiger partial charge in [0.05, 0.1) is 5.56 Å². The summed E-state index contributed by atoms with van der Waals surface area (Å²) >= 11 is 0. The third kappa shape index (κ3) is 5.17. The van der Waals surface area contributed by atoms with E-state index in [-0.39, 0.29) is 11.6 Å². The Morgan fingerprint density at radius 1 is 0.967 bits per heavy atom. The summed E-state index contributed by atoms with van der Waals surface area (Å²) in [5.41, 5.74) is 3.90. The molecule has 154 valence electrons. The third-order valence-electron chi connectivity index (χ3n) is 4.46. The topological polar surface area (TPSA) is 72.0 Å². The number of oxime groups is 1. The number of hydrogen-bond acceptors (Lipinski definition) is 5. The summed E-state index contributed by atoms with van der Waals surface area (Å²) in [5.74, 6) is 0.848. The number of para-hydroxylation sites is 2. The van der Waals surface area contributed by atoms with Crippen molar-refractivity contribution in [3.05, 3.63) is 89.5 Å². The maximum Gasteiger partial charge on any atom is 0.273 e. The lowest BCUT2D eigenvalue weighted by molar-refractivity contribution is -0.114. The lowest BCUT2D eigenvalue weighted by atomic mass is 10.1. The van der Waals surface area contributed by atoms with Gasteiger partial charge in [-0.25, -0.2) is 0 Å². The van der Waals surface area contributed by atoms with Crippen LogP contribution < -0.4 is 15.4 Å². The van der Waals surface area contributed by atoms with Crippen molar-refractivity contribution in [3.8, 4) is 11.5 Å². The second-order valence-corrected chi connectivity index (χ2v) is 6.63. The number of benzene rings is 3. The highest BCUT2D eigenvalue weighted by atomic mass is 16.6. The second kappa shape index (κ2) is 10.1. The molecule has 0 heterocycles. The fourth-order valence-electron chi connectivity index (χ4n) is 2.99. The van der Waals surface area contributed by atoms with E-state index < -0.39 is 0 Å². The first-order chi connectivity index (χ1) is 14.6. The molecule has 3 rings (SSSR count). The van der Waals surface area contributed by atoms with E-state index in [1.54, 1.807) is 19.2 Å². The largest absolute Gasteiger partial charge is 0.456 e. The SMILES string of the molecule is CNC(=O)/C(=N/OC)c1ccccc1Oc1ccccc1CNc1cccc(C)c1. The molecule has 2 N–H and O–H groups in total. The van der Waals surface area contributed by atoms with Crippen LogP contribution in [0, 0.1) is 6.92 Å². The minimum Gasteiger partial charge on any atom is -0.456 e. The first-order valence-corrected chi connectivity index (χ1v) is 9.61. The molecule has 6 heteroatoms. The molecular formula is C24H25N3O3. The average molecular weight is 403 g/mol. The van der Waals surface area contributed by atoms with Crippen molar-refractivity contribution in [2.75, 3.05) is 19.5 Å². The molecule has 3 aromatic carbocycles. The van der Waals surface area contributed by atoms with E-state index in [9.17, 15) is 4.79 Å². The monoisotopic (exact) mass is 403 g/mol. The summed E-state index contributed by atoms with van der Waals surface area (Å²) in [5, 5.41) is 9.89. The van der Waals surface area contributed by atoms with Gasteiger partial charge in [0.2, 0.25) is 0 Å². The Morgan fingerprint density at radius 2 is 1.70 bits per heavy atom. The van der Waals surface area contributed by atoms with Crippen molar-refractivity contribution >= 4 is 17.3 Å². The van der Waals surface area contributed by atoms with Gasteiger partial charge in [-0.15, -0.1) is 0 Å². The zero-order chi connectivity index (χ0) is 21.3. The Labute approximate surface area is 176 Å². The Kier molecular flexibility index (Phi) is 7.05. The molecule has 0 aromatic heterocycles. The molecule has 0 saturated carbocycles. The van der Waals surface area contributed by atoms with Gasteiger partial charge < -0.3 is 20.2 Å². The van der Waals surface area contributed by atoms with E-state index in [4.69, 9.17) is 9.57 Å². The molecular weight excluding hydrogens is 378 g/mol. The van der Waals surface area contributed by atoms with Gasteiger partial charge in [0, 0.05) is 24.8 Å². The molecule has 1 amide bonds. The minimum atomic E-state index is -0.359. The molecule has 0 bridgehead atoms. The summed E-state index contributed by atoms with van der Waals surface area (Å²) in [6.07, 6.45) is 0. The lowest BCUT2D eigenvalue weighted by Crippen LogP contribution is -2.28. The number of rotatable bonds is 8. The van der Waals surface area contributed by atoms with E-state index in [0.717, 1.165) is 11.3 Å². The number of hydrogen-bond donors (Lipinski definition) is 2. The van der Waals surface area contributed by atoms with Gasteiger partial charge in [-0.3, -0.25) is 4.79 Å². The molecule has 0 saturated heterocycles. The number of nitrogens with zero attached hydrogens (tertiary/aromatic N) is 1. The number of anilines is 1. The molecule has 30 heavy (non-hydrogen) atoms. The molecule has 0 spiro atoms. The first kappa shape index (κ1) is 20.9. The number of ether oxygens (including phenoxy) is 1. The number of likely N-dealkylation sites (N-methyl/N-ethyl adjacent to an activating group) is 1. The molecule has 0 fully saturated rings. The van der Waals surface area contributed by atoms with E-state index in [1.807, 2.05) is 48.5 Å². The quantitative estimate of drug-likeness (QED) is 0.429. The predicted octanol–water partition coefficient (Wildman–Crippen LogP) is 4.50. The van der Waals surface area contributed by atoms with Crippen LogP contribution in [0.4, 0.5) is 5.69 Å². The normalized spacial score (nSPS) is 11.0. The number of aryl methyl sites for hydroxylation is 1. The highest BCUT2D eigenvalue weighted by Gasteiger charge is 2.19. The number of amides is 1. The number of carbonyl (C=O) groups excluding carboxylic acids is 1. The van der Waals surface area contributed by atoms with Gasteiger partial charge in [0.15, 0.2) is 5.71 Å². The van der Waals surface area contributed by atoms with Gasteiger partial charge in [0.25, 0.3) is 5.91 Å². The summed E-state index contributed by atoms with van der Waals surface area (Å²) in [6, 6.07) is 23.2. The van der Waals surface area contributed by atoms with E-state index >= 15 is 0 Å². The molecule has 3 aromatic rings. The average Bonchev–Trinajstić information content (AvgIpc) is 2.77. The zero-order valence-corrected chi connectivity index (χ0v) is 17.3. The van der Waals surface area contributed by atoms with Crippen molar-refractivity contribution in [3.63, 3.8) is 0 Å². The highest BCUT2D eigenvalue weighted by molar-refractivity contribution is 6.45. The van der Waals surface area contributed by atoms with Crippen molar-refractivity contribution < 1.29 is 14.4 Å². The van der Waals surface area contributed by atoms with Crippen LogP contribution >= 0.6 is 0 Å². The lowest BCUT2D eigenvalue weighted by Gasteiger charge is -2.15. The Bertz CT molecular complexity index is 1050. The Morgan fingerprint density at radius 3 is 2.43 bits per heavy atom. The Hall–Kier alpha value is -3.80. The fraction of sp³-hybridized carbons (Fsp3) is 0.167. The molecule has 0 aliphatic heterocycles. The van der Waals surface area contributed by atoms with Crippen molar-refractivity contribution in [1.29, 1.82) is 0 Å². The van der Waals surface area contributed by atoms with Crippen molar-refractivity contribution in [2.24, 2.45) is 5.16 Å². The van der Waals surface area contributed by atoms with Crippen LogP contribution in [0.1, 0.15) is 16.7 Å². The summed E-state index contributed by atoms with van der Waals surface area (Å²) in [7, 11) is 2.95. The Balaban J connectivity index is 1.87. The van der Waals surface area contributed by atoms with Crippen LogP contribution in [0.5, 0.6) is 11.5 Å². The standard InChI is InChI=1S/C24H25N3O3/c1-17-9-8-11-19(15-17)26-16-18-10-4-6-13-21(18)30-22-14-7-5-12-20(22)23(27-29-3)24(28)25-2/h4-15,26H,16H2,1-3H3,(H,25,28)/b27-23+. The zero-order valence-electron chi connectivity index (χ0n) is 17.3. The predicted molar refractivity (Wildman–Crippen MR) is 119 cm³/mol. The van der Waals surface area contributed by atoms with E-state index in [2.05, 4.69) is 34.8 Å². The van der Waals surface area contributed by atoms with Crippen LogP contribution in [0.2, 0.25) is 0 Å². The van der Waals surface area contributed by atoms with Crippen molar-refractivity contribution in [1.82, 2.24) is 5.32 Å². The maximum atomic E-state index is 12.3. The van der Waals surface area contributed by atoms with Gasteiger partial charge in [-0.05, 0) is 42.8 Å². The van der Waals surface area contributed by atoms with E-state index in [0.29, 0.717) is 23.6 Å². The first-order valence-electron chi connectivity index (χ1n) is 9.61. The minimum absolute atomic E-state index is 0.144. The molecule has 0 aliphatic carbocycles. The van der Waals surface area contributed by atoms with Crippen LogP contribution in [-0.4, -0.2) is 25.8 Å². The van der Waals surface area contributed by atoms with Crippen LogP contribution in [0.25, 0.3) is 0 Å². The highest BCUT2D eigenvalue weighted by Crippen LogP contribution is 2.29.